The number of hydrogen-bond acceptors (Lipinski definition) is 4. The molecule has 0 saturated heterocycles. The molecule has 0 atom stereocenters. The third-order valence-corrected chi connectivity index (χ3v) is 7.16. The van der Waals surface area contributed by atoms with Crippen LogP contribution in [0, 0.1) is 20.8 Å². The summed E-state index contributed by atoms with van der Waals surface area (Å²) in [6.07, 6.45) is 3.59. The number of benzene rings is 3. The molecule has 3 aromatic carbocycles. The lowest BCUT2D eigenvalue weighted by Crippen LogP contribution is -2.38. The third kappa shape index (κ3) is 5.15. The normalized spacial score (nSPS) is 11.3. The van der Waals surface area contributed by atoms with Crippen LogP contribution in [0.3, 0.4) is 0 Å². The van der Waals surface area contributed by atoms with E-state index < -0.39 is 0 Å². The molecule has 0 saturated carbocycles. The molecule has 198 valence electrons. The number of amides is 1. The number of methoxy groups -OCH3 is 1. The molecule has 6 nitrogen and oxygen atoms in total. The number of imidazole rings is 1. The Balaban J connectivity index is 1.63. The summed E-state index contributed by atoms with van der Waals surface area (Å²) in [5.74, 6) is 1.60. The van der Waals surface area contributed by atoms with Crippen LogP contribution in [0.2, 0.25) is 0 Å². The fourth-order valence-electron chi connectivity index (χ4n) is 5.28. The minimum Gasteiger partial charge on any atom is -0.497 e. The molecule has 6 heteroatoms. The van der Waals surface area contributed by atoms with E-state index in [0.717, 1.165) is 61.7 Å². The zero-order valence-corrected chi connectivity index (χ0v) is 23.4. The van der Waals surface area contributed by atoms with Gasteiger partial charge in [-0.1, -0.05) is 23.8 Å². The summed E-state index contributed by atoms with van der Waals surface area (Å²) in [4.78, 5) is 25.2. The van der Waals surface area contributed by atoms with Crippen LogP contribution in [0.15, 0.2) is 79.1 Å². The van der Waals surface area contributed by atoms with E-state index in [1.165, 1.54) is 0 Å². The van der Waals surface area contributed by atoms with Crippen LogP contribution in [0.4, 0.5) is 0 Å². The van der Waals surface area contributed by atoms with Crippen LogP contribution < -0.4 is 4.74 Å². The number of aryl methyl sites for hydroxylation is 3. The molecule has 0 aliphatic rings. The Labute approximate surface area is 229 Å². The van der Waals surface area contributed by atoms with Crippen LogP contribution in [0.5, 0.6) is 5.75 Å². The first-order valence-corrected chi connectivity index (χ1v) is 13.2. The van der Waals surface area contributed by atoms with Crippen LogP contribution in [0.1, 0.15) is 46.7 Å². The maximum absolute atomic E-state index is 14.0. The highest BCUT2D eigenvalue weighted by atomic mass is 16.5. The molecule has 0 unspecified atom stereocenters. The molecule has 0 spiro atoms. The van der Waals surface area contributed by atoms with Crippen LogP contribution in [0.25, 0.3) is 27.8 Å². The first kappa shape index (κ1) is 26.2. The second-order valence-corrected chi connectivity index (χ2v) is 10.3. The minimum absolute atomic E-state index is 0.0193. The maximum atomic E-state index is 14.0. The van der Waals surface area contributed by atoms with E-state index in [4.69, 9.17) is 9.72 Å². The molecule has 2 aromatic heterocycles. The van der Waals surface area contributed by atoms with Crippen molar-refractivity contribution in [3.63, 3.8) is 0 Å². The second kappa shape index (κ2) is 10.7. The maximum Gasteiger partial charge on any atom is 0.255 e. The highest BCUT2D eigenvalue weighted by Crippen LogP contribution is 2.29. The Kier molecular flexibility index (Phi) is 7.20. The van der Waals surface area contributed by atoms with Gasteiger partial charge in [0.2, 0.25) is 0 Å². The Morgan fingerprint density at radius 2 is 1.56 bits per heavy atom. The summed E-state index contributed by atoms with van der Waals surface area (Å²) in [7, 11) is 1.66. The summed E-state index contributed by atoms with van der Waals surface area (Å²) in [5, 5.41) is 0. The molecule has 1 amide bonds. The first-order valence-electron chi connectivity index (χ1n) is 13.2. The van der Waals surface area contributed by atoms with Crippen molar-refractivity contribution in [2.45, 2.75) is 47.2 Å². The Morgan fingerprint density at radius 3 is 2.18 bits per heavy atom. The molecule has 39 heavy (non-hydrogen) atoms. The van der Waals surface area contributed by atoms with Crippen LogP contribution in [-0.4, -0.2) is 38.5 Å². The van der Waals surface area contributed by atoms with Gasteiger partial charge in [0.25, 0.3) is 5.91 Å². The van der Waals surface area contributed by atoms with Crippen molar-refractivity contribution < 1.29 is 9.53 Å². The molecule has 5 rings (SSSR count). The number of hydrogen-bond donors (Lipinski definition) is 0. The summed E-state index contributed by atoms with van der Waals surface area (Å²) in [6, 6.07) is 22.4. The highest BCUT2D eigenvalue weighted by Gasteiger charge is 2.25. The average Bonchev–Trinajstić information content (AvgIpc) is 3.28. The van der Waals surface area contributed by atoms with Gasteiger partial charge in [-0.25, -0.2) is 4.98 Å². The lowest BCUT2D eigenvalue weighted by atomic mass is 9.98. The molecule has 0 aliphatic carbocycles. The summed E-state index contributed by atoms with van der Waals surface area (Å²) in [5.41, 5.74) is 8.87. The standard InChI is InChI=1S/C33H34N4O2/c1-21(2)36(33(38)32-23(4)17-22(3)18-24(32)5)20-31-35-29-19-26(25-13-15-34-16-14-25)7-12-30(29)37(31)27-8-10-28(39-6)11-9-27/h7-19,21H,20H2,1-6H3. The second-order valence-electron chi connectivity index (χ2n) is 10.3. The zero-order chi connectivity index (χ0) is 27.7. The van der Waals surface area contributed by atoms with Crippen molar-refractivity contribution in [2.75, 3.05) is 7.11 Å². The summed E-state index contributed by atoms with van der Waals surface area (Å²) >= 11 is 0. The van der Waals surface area contributed by atoms with E-state index in [2.05, 4.69) is 60.7 Å². The molecule has 0 radical (unpaired) electrons. The molecular formula is C33H34N4O2. The number of aromatic nitrogens is 3. The molecule has 2 heterocycles. The van der Waals surface area contributed by atoms with Gasteiger partial charge in [0, 0.05) is 29.7 Å². The predicted molar refractivity (Wildman–Crippen MR) is 157 cm³/mol. The molecule has 0 N–H and O–H groups in total. The number of carbonyl (C=O) groups is 1. The van der Waals surface area contributed by atoms with Crippen molar-refractivity contribution in [2.24, 2.45) is 0 Å². The van der Waals surface area contributed by atoms with Gasteiger partial charge in [-0.3, -0.25) is 14.3 Å². The Hall–Kier alpha value is -4.45. The molecular weight excluding hydrogens is 484 g/mol. The quantitative estimate of drug-likeness (QED) is 0.231. The number of rotatable bonds is 7. The highest BCUT2D eigenvalue weighted by molar-refractivity contribution is 5.97. The SMILES string of the molecule is COc1ccc(-n2c(CN(C(=O)c3c(C)cc(C)cc3C)C(C)C)nc3cc(-c4ccncc4)ccc32)cc1. The van der Waals surface area contributed by atoms with E-state index in [1.54, 1.807) is 19.5 Å². The average molecular weight is 519 g/mol. The van der Waals surface area contributed by atoms with Gasteiger partial charge in [0.1, 0.15) is 11.6 Å². The smallest absolute Gasteiger partial charge is 0.255 e. The van der Waals surface area contributed by atoms with Gasteiger partial charge in [-0.15, -0.1) is 0 Å². The van der Waals surface area contributed by atoms with Crippen LogP contribution in [-0.2, 0) is 6.54 Å². The van der Waals surface area contributed by atoms with E-state index in [-0.39, 0.29) is 11.9 Å². The molecule has 0 fully saturated rings. The third-order valence-electron chi connectivity index (χ3n) is 7.16. The van der Waals surface area contributed by atoms with Gasteiger partial charge < -0.3 is 9.64 Å². The van der Waals surface area contributed by atoms with Crippen molar-refractivity contribution in [1.29, 1.82) is 0 Å². The number of pyridine rings is 1. The van der Waals surface area contributed by atoms with Gasteiger partial charge in [-0.2, -0.15) is 0 Å². The van der Waals surface area contributed by atoms with Gasteiger partial charge in [0.15, 0.2) is 0 Å². The minimum atomic E-state index is -0.0193. The van der Waals surface area contributed by atoms with E-state index in [9.17, 15) is 4.79 Å². The molecule has 5 aromatic rings. The Bertz CT molecular complexity index is 1610. The lowest BCUT2D eigenvalue weighted by molar-refractivity contribution is 0.0683. The van der Waals surface area contributed by atoms with E-state index in [0.29, 0.717) is 6.54 Å². The number of ether oxygens (including phenoxy) is 1. The number of carbonyl (C=O) groups excluding carboxylic acids is 1. The van der Waals surface area contributed by atoms with Crippen molar-refractivity contribution in [3.8, 4) is 22.6 Å². The summed E-state index contributed by atoms with van der Waals surface area (Å²) in [6.45, 7) is 10.6. The van der Waals surface area contributed by atoms with Crippen LogP contribution >= 0.6 is 0 Å². The fraction of sp³-hybridized carbons (Fsp3) is 0.242. The number of nitrogens with zero attached hydrogens (tertiary/aromatic N) is 4. The van der Waals surface area contributed by atoms with Gasteiger partial charge in [-0.05, 0) is 105 Å². The molecule has 0 bridgehead atoms. The van der Waals surface area contributed by atoms with Gasteiger partial charge >= 0.3 is 0 Å². The van der Waals surface area contributed by atoms with E-state index >= 15 is 0 Å². The van der Waals surface area contributed by atoms with Crippen molar-refractivity contribution >= 4 is 16.9 Å². The molecule has 0 aliphatic heterocycles. The Morgan fingerprint density at radius 1 is 0.897 bits per heavy atom. The van der Waals surface area contributed by atoms with Gasteiger partial charge in [0.05, 0.1) is 24.7 Å². The summed E-state index contributed by atoms with van der Waals surface area (Å²) < 4.78 is 7.53. The number of fused-ring (bicyclic) bond motifs is 1. The first-order chi connectivity index (χ1) is 18.8. The van der Waals surface area contributed by atoms with Crippen molar-refractivity contribution in [3.05, 3.63) is 107 Å². The predicted octanol–water partition coefficient (Wildman–Crippen LogP) is 7.07. The topological polar surface area (TPSA) is 60.2 Å². The van der Waals surface area contributed by atoms with E-state index in [1.807, 2.05) is 55.1 Å². The largest absolute Gasteiger partial charge is 0.497 e. The fourth-order valence-corrected chi connectivity index (χ4v) is 5.28. The monoisotopic (exact) mass is 518 g/mol. The zero-order valence-electron chi connectivity index (χ0n) is 23.4. The van der Waals surface area contributed by atoms with Crippen molar-refractivity contribution in [1.82, 2.24) is 19.4 Å². The lowest BCUT2D eigenvalue weighted by Gasteiger charge is -2.28.